The monoisotopic (exact) mass is 382 g/mol. The Labute approximate surface area is 153 Å². The van der Waals surface area contributed by atoms with Gasteiger partial charge < -0.3 is 9.29 Å². The molecule has 1 unspecified atom stereocenters. The van der Waals surface area contributed by atoms with Gasteiger partial charge in [0.1, 0.15) is 4.75 Å². The minimum Gasteiger partial charge on any atom is -0.480 e. The molecule has 0 aliphatic heterocycles. The van der Waals surface area contributed by atoms with Gasteiger partial charge in [0.15, 0.2) is 0 Å². The fraction of sp³-hybridized carbons (Fsp3) is 0.176. The number of hydrogen-bond donors (Lipinski definition) is 1. The highest BCUT2D eigenvalue weighted by atomic mass is 35.5. The summed E-state index contributed by atoms with van der Waals surface area (Å²) in [5, 5.41) is 10.2. The van der Waals surface area contributed by atoms with Crippen molar-refractivity contribution in [2.45, 2.75) is 11.7 Å². The van der Waals surface area contributed by atoms with E-state index in [-0.39, 0.29) is 0 Å². The average molecular weight is 383 g/mol. The van der Waals surface area contributed by atoms with Crippen molar-refractivity contribution >= 4 is 45.8 Å². The lowest BCUT2D eigenvalue weighted by Gasteiger charge is -2.23. The molecule has 0 amide bonds. The molecule has 0 aliphatic carbocycles. The molecule has 0 aliphatic rings. The van der Waals surface area contributed by atoms with Crippen molar-refractivity contribution in [2.24, 2.45) is 0 Å². The first-order valence-electron chi connectivity index (χ1n) is 6.91. The van der Waals surface area contributed by atoms with Crippen LogP contribution < -0.4 is 0 Å². The zero-order valence-electron chi connectivity index (χ0n) is 13.0. The summed E-state index contributed by atoms with van der Waals surface area (Å²) in [4.78, 5) is 23.5. The van der Waals surface area contributed by atoms with Gasteiger partial charge in [-0.3, -0.25) is 9.59 Å². The highest BCUT2D eigenvalue weighted by Gasteiger charge is 2.39. The summed E-state index contributed by atoms with van der Waals surface area (Å²) in [6.45, 7) is 1.50. The Bertz CT molecular complexity index is 749. The number of carbonyl (C=O) groups excluding carboxylic acids is 1. The molecule has 0 bridgehead atoms. The van der Waals surface area contributed by atoms with Gasteiger partial charge in [-0.25, -0.2) is 0 Å². The molecule has 0 fully saturated rings. The van der Waals surface area contributed by atoms with Crippen molar-refractivity contribution in [3.63, 3.8) is 0 Å². The zero-order valence-corrected chi connectivity index (χ0v) is 15.4. The van der Waals surface area contributed by atoms with Gasteiger partial charge in [-0.2, -0.15) is 0 Å². The van der Waals surface area contributed by atoms with E-state index in [2.05, 4.69) is 0 Å². The fourth-order valence-corrected chi connectivity index (χ4v) is 4.04. The van der Waals surface area contributed by atoms with Gasteiger partial charge in [0, 0.05) is 10.6 Å². The number of carboxylic acid groups (broad SMARTS) is 1. The first-order chi connectivity index (χ1) is 11.4. The van der Waals surface area contributed by atoms with Crippen molar-refractivity contribution in [3.05, 3.63) is 59.1 Å². The van der Waals surface area contributed by atoms with Crippen molar-refractivity contribution in [3.8, 4) is 11.1 Å². The molecule has 24 heavy (non-hydrogen) atoms. The molecule has 2 aromatic carbocycles. The lowest BCUT2D eigenvalue weighted by molar-refractivity contribution is -0.139. The quantitative estimate of drug-likeness (QED) is 0.693. The molecule has 0 saturated carbocycles. The van der Waals surface area contributed by atoms with E-state index in [9.17, 15) is 14.7 Å². The van der Waals surface area contributed by atoms with Crippen LogP contribution in [0.15, 0.2) is 48.5 Å². The summed E-state index contributed by atoms with van der Waals surface area (Å²) in [7, 11) is 1.36. The average Bonchev–Trinajstić information content (AvgIpc) is 2.55. The Kier molecular flexibility index (Phi) is 6.34. The van der Waals surface area contributed by atoms with Crippen LogP contribution >= 0.6 is 35.4 Å². The molecular weight excluding hydrogens is 368 g/mol. The number of carbonyl (C=O) groups is 2. The molecule has 2 aromatic rings. The lowest BCUT2D eigenvalue weighted by Crippen LogP contribution is -2.29. The first-order valence-corrected chi connectivity index (χ1v) is 8.84. The van der Waals surface area contributed by atoms with Crippen LogP contribution in [0.3, 0.4) is 0 Å². The molecule has 0 spiro atoms. The molecule has 0 aromatic heterocycles. The molecule has 126 valence electrons. The van der Waals surface area contributed by atoms with Gasteiger partial charge in [0.05, 0.1) is 19.2 Å². The van der Waals surface area contributed by atoms with Crippen LogP contribution in [0.25, 0.3) is 11.1 Å². The second kappa shape index (κ2) is 8.07. The van der Waals surface area contributed by atoms with E-state index >= 15 is 0 Å². The molecule has 1 N–H and O–H groups in total. The Morgan fingerprint density at radius 3 is 2.29 bits per heavy atom. The van der Waals surface area contributed by atoms with Gasteiger partial charge in [-0.05, 0) is 24.1 Å². The maximum Gasteiger partial charge on any atom is 0.324 e. The van der Waals surface area contributed by atoms with Gasteiger partial charge in [0.25, 0.3) is 4.45 Å². The van der Waals surface area contributed by atoms with E-state index in [1.54, 1.807) is 30.3 Å². The van der Waals surface area contributed by atoms with Gasteiger partial charge in [0.2, 0.25) is 0 Å². The molecular formula is C17H15ClO4S2. The maximum atomic E-state index is 11.8. The van der Waals surface area contributed by atoms with Crippen molar-refractivity contribution in [1.29, 1.82) is 0 Å². The standard InChI is InChI=1S/C17H15ClO4S2/c1-17(15(19)20,23-16(21)24-22-2)12-9-7-11(8-10-12)13-5-3-4-6-14(13)18/h3-10H,1-2H3,(H,19,20). The van der Waals surface area contributed by atoms with E-state index in [0.717, 1.165) is 11.1 Å². The van der Waals surface area contributed by atoms with E-state index in [1.807, 2.05) is 18.2 Å². The van der Waals surface area contributed by atoms with Crippen LogP contribution in [0.4, 0.5) is 4.79 Å². The van der Waals surface area contributed by atoms with E-state index < -0.39 is 15.2 Å². The van der Waals surface area contributed by atoms with Crippen LogP contribution in [-0.4, -0.2) is 22.6 Å². The molecule has 4 nitrogen and oxygen atoms in total. The summed E-state index contributed by atoms with van der Waals surface area (Å²) >= 11 is 7.51. The zero-order chi connectivity index (χ0) is 17.7. The number of carboxylic acids is 1. The Morgan fingerprint density at radius 2 is 1.75 bits per heavy atom. The number of thioether (sulfide) groups is 1. The highest BCUT2D eigenvalue weighted by Crippen LogP contribution is 2.41. The highest BCUT2D eigenvalue weighted by molar-refractivity contribution is 8.37. The molecule has 2 rings (SSSR count). The number of halogens is 1. The summed E-state index contributed by atoms with van der Waals surface area (Å²) in [5.41, 5.74) is 2.25. The number of aliphatic carboxylic acids is 1. The summed E-state index contributed by atoms with van der Waals surface area (Å²) in [6, 6.07) is 14.4. The number of benzene rings is 2. The Hall–Kier alpha value is -1.47. The normalized spacial score (nSPS) is 13.3. The molecule has 0 saturated heterocycles. The second-order valence-electron chi connectivity index (χ2n) is 5.00. The minimum absolute atomic E-state index is 0.419. The van der Waals surface area contributed by atoms with Gasteiger partial charge in [-0.15, -0.1) is 0 Å². The molecule has 0 radical (unpaired) electrons. The maximum absolute atomic E-state index is 11.8. The molecule has 1 atom stereocenters. The smallest absolute Gasteiger partial charge is 0.324 e. The summed E-state index contributed by atoms with van der Waals surface area (Å²) in [6.07, 6.45) is 0. The van der Waals surface area contributed by atoms with Crippen molar-refractivity contribution in [2.75, 3.05) is 7.11 Å². The Balaban J connectivity index is 2.34. The van der Waals surface area contributed by atoms with Crippen LogP contribution in [0, 0.1) is 0 Å². The fourth-order valence-electron chi connectivity index (χ4n) is 2.14. The van der Waals surface area contributed by atoms with Crippen LogP contribution in [-0.2, 0) is 13.7 Å². The first kappa shape index (κ1) is 18.9. The largest absolute Gasteiger partial charge is 0.480 e. The third kappa shape index (κ3) is 4.13. The van der Waals surface area contributed by atoms with E-state index in [4.69, 9.17) is 15.8 Å². The topological polar surface area (TPSA) is 63.6 Å². The SMILES string of the molecule is COSC(=O)SC(C)(C(=O)O)c1ccc(-c2ccccc2Cl)cc1. The van der Waals surface area contributed by atoms with Crippen molar-refractivity contribution in [1.82, 2.24) is 0 Å². The lowest BCUT2D eigenvalue weighted by atomic mass is 9.97. The van der Waals surface area contributed by atoms with Gasteiger partial charge in [-0.1, -0.05) is 65.8 Å². The van der Waals surface area contributed by atoms with Crippen LogP contribution in [0.5, 0.6) is 0 Å². The number of hydrogen-bond acceptors (Lipinski definition) is 5. The number of rotatable bonds is 5. The molecule has 7 heteroatoms. The van der Waals surface area contributed by atoms with Crippen LogP contribution in [0.1, 0.15) is 12.5 Å². The van der Waals surface area contributed by atoms with E-state index in [0.29, 0.717) is 34.4 Å². The minimum atomic E-state index is -1.40. The summed E-state index contributed by atoms with van der Waals surface area (Å²) < 4.78 is 2.87. The van der Waals surface area contributed by atoms with E-state index in [1.165, 1.54) is 14.0 Å². The molecule has 0 heterocycles. The Morgan fingerprint density at radius 1 is 1.12 bits per heavy atom. The third-order valence-electron chi connectivity index (χ3n) is 3.47. The second-order valence-corrected chi connectivity index (χ2v) is 7.93. The summed E-state index contributed by atoms with van der Waals surface area (Å²) in [5.74, 6) is -1.09. The third-order valence-corrected chi connectivity index (χ3v) is 5.54. The van der Waals surface area contributed by atoms with Gasteiger partial charge >= 0.3 is 5.97 Å². The van der Waals surface area contributed by atoms with Crippen molar-refractivity contribution < 1.29 is 18.9 Å². The predicted octanol–water partition coefficient (Wildman–Crippen LogP) is 5.45. The van der Waals surface area contributed by atoms with Crippen LogP contribution in [0.2, 0.25) is 5.02 Å². The predicted molar refractivity (Wildman–Crippen MR) is 99.5 cm³/mol.